The average molecular weight is 238 g/mol. The third-order valence-electron chi connectivity index (χ3n) is 4.96. The van der Waals surface area contributed by atoms with Crippen molar-refractivity contribution in [3.05, 3.63) is 0 Å². The Bertz CT molecular complexity index is 248. The van der Waals surface area contributed by atoms with E-state index in [9.17, 15) is 0 Å². The van der Waals surface area contributed by atoms with E-state index in [1.807, 2.05) is 0 Å². The van der Waals surface area contributed by atoms with Crippen molar-refractivity contribution in [3.63, 3.8) is 0 Å². The summed E-state index contributed by atoms with van der Waals surface area (Å²) in [6.07, 6.45) is 7.12. The summed E-state index contributed by atoms with van der Waals surface area (Å²) in [7, 11) is 0. The third-order valence-corrected chi connectivity index (χ3v) is 4.96. The molecule has 0 radical (unpaired) electrons. The zero-order valence-electron chi connectivity index (χ0n) is 12.2. The van der Waals surface area contributed by atoms with E-state index in [0.717, 1.165) is 0 Å². The van der Waals surface area contributed by atoms with Crippen LogP contribution in [0.1, 0.15) is 59.8 Å². The van der Waals surface area contributed by atoms with Gasteiger partial charge in [-0.3, -0.25) is 4.90 Å². The van der Waals surface area contributed by atoms with Gasteiger partial charge in [0.05, 0.1) is 0 Å². The smallest absolute Gasteiger partial charge is 0.0334 e. The monoisotopic (exact) mass is 238 g/mol. The topological polar surface area (TPSA) is 15.3 Å². The van der Waals surface area contributed by atoms with Crippen molar-refractivity contribution in [1.82, 2.24) is 10.2 Å². The molecule has 1 saturated heterocycles. The molecule has 17 heavy (non-hydrogen) atoms. The van der Waals surface area contributed by atoms with Crippen LogP contribution in [0.15, 0.2) is 0 Å². The fraction of sp³-hybridized carbons (Fsp3) is 1.00. The summed E-state index contributed by atoms with van der Waals surface area (Å²) in [6.45, 7) is 13.1. The molecule has 0 aromatic carbocycles. The average Bonchev–Trinajstić information content (AvgIpc) is 2.29. The lowest BCUT2D eigenvalue weighted by Gasteiger charge is -2.54. The summed E-state index contributed by atoms with van der Waals surface area (Å²) < 4.78 is 0. The summed E-state index contributed by atoms with van der Waals surface area (Å²) in [5.41, 5.74) is 0.873. The molecule has 0 aromatic rings. The lowest BCUT2D eigenvalue weighted by atomic mass is 9.75. The van der Waals surface area contributed by atoms with Crippen LogP contribution in [-0.2, 0) is 0 Å². The van der Waals surface area contributed by atoms with Gasteiger partial charge < -0.3 is 5.32 Å². The van der Waals surface area contributed by atoms with Gasteiger partial charge in [-0.2, -0.15) is 0 Å². The van der Waals surface area contributed by atoms with E-state index < -0.39 is 0 Å². The molecule has 2 fully saturated rings. The maximum Gasteiger partial charge on any atom is 0.0334 e. The summed E-state index contributed by atoms with van der Waals surface area (Å²) in [5.74, 6) is 0. The number of piperazine rings is 1. The van der Waals surface area contributed by atoms with Crippen molar-refractivity contribution < 1.29 is 0 Å². The van der Waals surface area contributed by atoms with Gasteiger partial charge in [-0.05, 0) is 24.8 Å². The van der Waals surface area contributed by atoms with Gasteiger partial charge in [-0.15, -0.1) is 0 Å². The van der Waals surface area contributed by atoms with Crippen LogP contribution in [0.3, 0.4) is 0 Å². The highest BCUT2D eigenvalue weighted by molar-refractivity contribution is 5.02. The molecule has 1 aliphatic heterocycles. The minimum absolute atomic E-state index is 0.379. The van der Waals surface area contributed by atoms with Crippen LogP contribution in [0.25, 0.3) is 0 Å². The summed E-state index contributed by atoms with van der Waals surface area (Å²) in [6, 6.07) is 0.648. The lowest BCUT2D eigenvalue weighted by Crippen LogP contribution is -2.67. The molecule has 0 bridgehead atoms. The van der Waals surface area contributed by atoms with Gasteiger partial charge in [0, 0.05) is 24.7 Å². The molecule has 1 saturated carbocycles. The molecule has 1 heterocycles. The zero-order chi connectivity index (χ0) is 12.5. The van der Waals surface area contributed by atoms with Crippen molar-refractivity contribution in [2.24, 2.45) is 5.41 Å². The molecular weight excluding hydrogens is 208 g/mol. The lowest BCUT2D eigenvalue weighted by molar-refractivity contribution is -0.00626. The Labute approximate surface area is 107 Å². The van der Waals surface area contributed by atoms with Crippen LogP contribution in [0.5, 0.6) is 0 Å². The van der Waals surface area contributed by atoms with Gasteiger partial charge in [-0.1, -0.05) is 47.0 Å². The van der Waals surface area contributed by atoms with Crippen molar-refractivity contribution >= 4 is 0 Å². The van der Waals surface area contributed by atoms with Crippen molar-refractivity contribution in [1.29, 1.82) is 0 Å². The van der Waals surface area contributed by atoms with Crippen molar-refractivity contribution in [2.45, 2.75) is 71.4 Å². The Morgan fingerprint density at radius 2 is 1.82 bits per heavy atom. The molecule has 2 heteroatoms. The maximum absolute atomic E-state index is 3.84. The largest absolute Gasteiger partial charge is 0.310 e. The van der Waals surface area contributed by atoms with Gasteiger partial charge >= 0.3 is 0 Å². The summed E-state index contributed by atoms with van der Waals surface area (Å²) in [5, 5.41) is 3.84. The molecule has 2 rings (SSSR count). The number of nitrogens with one attached hydrogen (secondary N) is 1. The second-order valence-electron chi connectivity index (χ2n) is 7.12. The van der Waals surface area contributed by atoms with E-state index in [-0.39, 0.29) is 0 Å². The maximum atomic E-state index is 3.84. The predicted molar refractivity (Wildman–Crippen MR) is 74.3 cm³/mol. The van der Waals surface area contributed by atoms with Crippen molar-refractivity contribution in [2.75, 3.05) is 19.6 Å². The third kappa shape index (κ3) is 2.68. The van der Waals surface area contributed by atoms with Gasteiger partial charge in [0.15, 0.2) is 0 Å². The van der Waals surface area contributed by atoms with Gasteiger partial charge in [-0.25, -0.2) is 0 Å². The molecule has 1 unspecified atom stereocenters. The van der Waals surface area contributed by atoms with Crippen LogP contribution in [0.4, 0.5) is 0 Å². The fourth-order valence-electron chi connectivity index (χ4n) is 3.65. The Hall–Kier alpha value is -0.0800. The summed E-state index contributed by atoms with van der Waals surface area (Å²) in [4.78, 5) is 2.78. The van der Waals surface area contributed by atoms with Crippen LogP contribution < -0.4 is 5.32 Å². The first-order valence-electron chi connectivity index (χ1n) is 7.46. The molecule has 1 atom stereocenters. The summed E-state index contributed by atoms with van der Waals surface area (Å²) >= 11 is 0. The molecule has 0 amide bonds. The van der Waals surface area contributed by atoms with E-state index in [1.165, 1.54) is 51.7 Å². The van der Waals surface area contributed by atoms with E-state index in [1.54, 1.807) is 0 Å². The van der Waals surface area contributed by atoms with E-state index >= 15 is 0 Å². The van der Waals surface area contributed by atoms with Gasteiger partial charge in [0.25, 0.3) is 0 Å². The standard InChI is InChI=1S/C15H30N2/c1-5-17-11-13(14(2,3)4)16-12-15(17)9-7-6-8-10-15/h13,16H,5-12H2,1-4H3. The van der Waals surface area contributed by atoms with E-state index in [2.05, 4.69) is 37.9 Å². The SMILES string of the molecule is CCN1CC(C(C)(C)C)NCC12CCCCC2. The second-order valence-corrected chi connectivity index (χ2v) is 7.12. The first kappa shape index (κ1) is 13.4. The number of hydrogen-bond donors (Lipinski definition) is 1. The first-order chi connectivity index (χ1) is 7.98. The quantitative estimate of drug-likeness (QED) is 0.755. The minimum atomic E-state index is 0.379. The number of likely N-dealkylation sites (N-methyl/N-ethyl adjacent to an activating group) is 1. The number of rotatable bonds is 1. The normalized spacial score (nSPS) is 30.7. The fourth-order valence-corrected chi connectivity index (χ4v) is 3.65. The number of hydrogen-bond acceptors (Lipinski definition) is 2. The Morgan fingerprint density at radius 1 is 1.18 bits per heavy atom. The molecule has 100 valence electrons. The molecule has 1 spiro atoms. The highest BCUT2D eigenvalue weighted by Gasteiger charge is 2.43. The van der Waals surface area contributed by atoms with Crippen LogP contribution in [-0.4, -0.2) is 36.1 Å². The minimum Gasteiger partial charge on any atom is -0.310 e. The Kier molecular flexibility index (Phi) is 3.84. The first-order valence-corrected chi connectivity index (χ1v) is 7.46. The van der Waals surface area contributed by atoms with E-state index in [4.69, 9.17) is 0 Å². The molecule has 2 aliphatic rings. The zero-order valence-corrected chi connectivity index (χ0v) is 12.2. The molecule has 1 aliphatic carbocycles. The van der Waals surface area contributed by atoms with Gasteiger partial charge in [0.1, 0.15) is 0 Å². The molecular formula is C15H30N2. The molecule has 1 N–H and O–H groups in total. The predicted octanol–water partition coefficient (Wildman–Crippen LogP) is 3.03. The Morgan fingerprint density at radius 3 is 2.35 bits per heavy atom. The highest BCUT2D eigenvalue weighted by Crippen LogP contribution is 2.37. The van der Waals surface area contributed by atoms with Crippen molar-refractivity contribution in [3.8, 4) is 0 Å². The highest BCUT2D eigenvalue weighted by atomic mass is 15.3. The molecule has 0 aromatic heterocycles. The Balaban J connectivity index is 2.07. The number of nitrogens with zero attached hydrogens (tertiary/aromatic N) is 1. The van der Waals surface area contributed by atoms with Gasteiger partial charge in [0.2, 0.25) is 0 Å². The molecule has 2 nitrogen and oxygen atoms in total. The van der Waals surface area contributed by atoms with Crippen LogP contribution in [0.2, 0.25) is 0 Å². The second kappa shape index (κ2) is 4.89. The van der Waals surface area contributed by atoms with Crippen LogP contribution in [0, 0.1) is 5.41 Å². The van der Waals surface area contributed by atoms with Crippen LogP contribution >= 0.6 is 0 Å². The van der Waals surface area contributed by atoms with E-state index in [0.29, 0.717) is 17.0 Å².